The maximum atomic E-state index is 11.3. The van der Waals surface area contributed by atoms with E-state index in [2.05, 4.69) is 13.2 Å². The Morgan fingerprint density at radius 1 is 1.14 bits per heavy atom. The quantitative estimate of drug-likeness (QED) is 0.621. The Morgan fingerprint density at radius 2 is 1.64 bits per heavy atom. The van der Waals surface area contributed by atoms with Gasteiger partial charge in [-0.2, -0.15) is 0 Å². The molecule has 0 fully saturated rings. The lowest BCUT2D eigenvalue weighted by Crippen LogP contribution is -2.18. The molecule has 2 amide bonds. The molecule has 0 saturated carbocycles. The Balaban J connectivity index is 3.67. The third kappa shape index (κ3) is 5.13. The molecule has 4 heteroatoms. The fraction of sp³-hybridized carbons (Fsp3) is 0.400. The van der Waals surface area contributed by atoms with E-state index in [1.165, 1.54) is 17.3 Å². The van der Waals surface area contributed by atoms with Gasteiger partial charge in [-0.25, -0.2) is 0 Å². The van der Waals surface area contributed by atoms with Gasteiger partial charge in [0.2, 0.25) is 11.8 Å². The number of amides is 2. The smallest absolute Gasteiger partial charge is 0.230 e. The number of carbonyl (C=O) groups excluding carboxylic acids is 2. The Labute approximate surface area is 84.1 Å². The number of hydrogen-bond acceptors (Lipinski definition) is 2. The molecule has 0 aliphatic heterocycles. The summed E-state index contributed by atoms with van der Waals surface area (Å²) >= 11 is 0. The summed E-state index contributed by atoms with van der Waals surface area (Å²) in [6, 6.07) is 0. The van der Waals surface area contributed by atoms with Crippen molar-refractivity contribution in [1.82, 2.24) is 4.90 Å². The summed E-state index contributed by atoms with van der Waals surface area (Å²) in [5.74, 6) is -0.402. The van der Waals surface area contributed by atoms with E-state index < -0.39 is 0 Å². The van der Waals surface area contributed by atoms with Gasteiger partial charge in [-0.1, -0.05) is 13.2 Å². The van der Waals surface area contributed by atoms with E-state index in [0.29, 0.717) is 25.7 Å². The van der Waals surface area contributed by atoms with Crippen molar-refractivity contribution in [2.24, 2.45) is 5.73 Å². The molecule has 0 atom stereocenters. The first-order chi connectivity index (χ1) is 6.61. The van der Waals surface area contributed by atoms with Gasteiger partial charge in [0.1, 0.15) is 0 Å². The van der Waals surface area contributed by atoms with Crippen LogP contribution in [-0.2, 0) is 9.59 Å². The second-order valence-corrected chi connectivity index (χ2v) is 2.84. The van der Waals surface area contributed by atoms with E-state index in [1.54, 1.807) is 0 Å². The second kappa shape index (κ2) is 6.88. The average Bonchev–Trinajstić information content (AvgIpc) is 2.14. The van der Waals surface area contributed by atoms with Crippen LogP contribution in [0.4, 0.5) is 0 Å². The Hall–Kier alpha value is -1.58. The maximum absolute atomic E-state index is 11.3. The van der Waals surface area contributed by atoms with Gasteiger partial charge in [0, 0.05) is 25.2 Å². The molecule has 0 saturated heterocycles. The van der Waals surface area contributed by atoms with Crippen molar-refractivity contribution in [3.05, 3.63) is 25.6 Å². The van der Waals surface area contributed by atoms with Crippen LogP contribution in [0.2, 0.25) is 0 Å². The zero-order valence-electron chi connectivity index (χ0n) is 8.24. The van der Waals surface area contributed by atoms with Crippen molar-refractivity contribution in [3.63, 3.8) is 0 Å². The first kappa shape index (κ1) is 12.4. The highest BCUT2D eigenvalue weighted by Crippen LogP contribution is 2.03. The van der Waals surface area contributed by atoms with Crippen LogP contribution in [0.5, 0.6) is 0 Å². The number of nitrogens with zero attached hydrogens (tertiary/aromatic N) is 1. The molecule has 0 spiro atoms. The monoisotopic (exact) mass is 196 g/mol. The molecule has 0 aromatic heterocycles. The first-order valence-electron chi connectivity index (χ1n) is 4.46. The lowest BCUT2D eigenvalue weighted by molar-refractivity contribution is -0.127. The second-order valence-electron chi connectivity index (χ2n) is 2.84. The third-order valence-corrected chi connectivity index (χ3v) is 1.75. The van der Waals surface area contributed by atoms with E-state index in [1.807, 2.05) is 0 Å². The van der Waals surface area contributed by atoms with Crippen LogP contribution >= 0.6 is 0 Å². The van der Waals surface area contributed by atoms with Crippen molar-refractivity contribution in [2.45, 2.75) is 25.7 Å². The van der Waals surface area contributed by atoms with Crippen LogP contribution in [0.25, 0.3) is 0 Å². The van der Waals surface area contributed by atoms with E-state index in [0.717, 1.165) is 0 Å². The number of unbranched alkanes of at least 4 members (excludes halogenated alkanes) is 1. The lowest BCUT2D eigenvalue weighted by Gasteiger charge is -2.11. The van der Waals surface area contributed by atoms with Crippen LogP contribution in [0.3, 0.4) is 0 Å². The molecule has 78 valence electrons. The minimum absolute atomic E-state index is 0.0699. The first-order valence-corrected chi connectivity index (χ1v) is 4.46. The molecule has 0 aromatic carbocycles. The number of nitrogens with two attached hydrogens (primary N) is 1. The predicted molar refractivity (Wildman–Crippen MR) is 54.9 cm³/mol. The summed E-state index contributed by atoms with van der Waals surface area (Å²) in [6.45, 7) is 6.94. The molecule has 14 heavy (non-hydrogen) atoms. The van der Waals surface area contributed by atoms with E-state index in [9.17, 15) is 9.59 Å². The topological polar surface area (TPSA) is 63.4 Å². The highest BCUT2D eigenvalue weighted by atomic mass is 16.2. The molecular weight excluding hydrogens is 180 g/mol. The number of primary amides is 1. The molecule has 4 nitrogen and oxygen atoms in total. The summed E-state index contributed by atoms with van der Waals surface area (Å²) in [6.07, 6.45) is 4.82. The summed E-state index contributed by atoms with van der Waals surface area (Å²) in [7, 11) is 0. The van der Waals surface area contributed by atoms with Crippen molar-refractivity contribution >= 4 is 11.8 Å². The molecule has 0 radical (unpaired) electrons. The van der Waals surface area contributed by atoms with Crippen LogP contribution in [0, 0.1) is 0 Å². The Kier molecular flexibility index (Phi) is 6.11. The van der Waals surface area contributed by atoms with Crippen molar-refractivity contribution in [3.8, 4) is 0 Å². The third-order valence-electron chi connectivity index (χ3n) is 1.75. The molecule has 0 unspecified atom stereocenters. The molecule has 0 aliphatic carbocycles. The SMILES string of the molecule is C=CN(C=C)C(=O)CCCCC(N)=O. The Bertz CT molecular complexity index is 228. The van der Waals surface area contributed by atoms with Gasteiger partial charge in [-0.15, -0.1) is 0 Å². The van der Waals surface area contributed by atoms with E-state index in [4.69, 9.17) is 5.73 Å². The number of hydrogen-bond donors (Lipinski definition) is 1. The molecule has 0 bridgehead atoms. The van der Waals surface area contributed by atoms with Gasteiger partial charge in [0.05, 0.1) is 0 Å². The molecule has 2 N–H and O–H groups in total. The summed E-state index contributed by atoms with van der Waals surface area (Å²) in [5, 5.41) is 0. The zero-order chi connectivity index (χ0) is 11.0. The normalized spacial score (nSPS) is 9.14. The molecule has 0 aromatic rings. The van der Waals surface area contributed by atoms with Crippen LogP contribution in [-0.4, -0.2) is 16.7 Å². The largest absolute Gasteiger partial charge is 0.370 e. The summed E-state index contributed by atoms with van der Waals surface area (Å²) in [5.41, 5.74) is 4.95. The van der Waals surface area contributed by atoms with Crippen molar-refractivity contribution in [2.75, 3.05) is 0 Å². The lowest BCUT2D eigenvalue weighted by atomic mass is 10.2. The fourth-order valence-electron chi connectivity index (χ4n) is 0.983. The zero-order valence-corrected chi connectivity index (χ0v) is 8.24. The van der Waals surface area contributed by atoms with Crippen LogP contribution in [0.15, 0.2) is 25.6 Å². The molecule has 0 aliphatic rings. The average molecular weight is 196 g/mol. The van der Waals surface area contributed by atoms with Crippen molar-refractivity contribution in [1.29, 1.82) is 0 Å². The van der Waals surface area contributed by atoms with Crippen molar-refractivity contribution < 1.29 is 9.59 Å². The number of carbonyl (C=O) groups is 2. The van der Waals surface area contributed by atoms with Gasteiger partial charge in [-0.05, 0) is 12.8 Å². The van der Waals surface area contributed by atoms with Gasteiger partial charge in [0.15, 0.2) is 0 Å². The fourth-order valence-corrected chi connectivity index (χ4v) is 0.983. The highest BCUT2D eigenvalue weighted by molar-refractivity contribution is 5.78. The van der Waals surface area contributed by atoms with Gasteiger partial charge < -0.3 is 5.73 Å². The summed E-state index contributed by atoms with van der Waals surface area (Å²) < 4.78 is 0. The van der Waals surface area contributed by atoms with E-state index in [-0.39, 0.29) is 11.8 Å². The molecule has 0 rings (SSSR count). The van der Waals surface area contributed by atoms with Gasteiger partial charge in [-0.3, -0.25) is 14.5 Å². The predicted octanol–water partition coefficient (Wildman–Crippen LogP) is 1.15. The minimum Gasteiger partial charge on any atom is -0.370 e. The highest BCUT2D eigenvalue weighted by Gasteiger charge is 2.06. The molecular formula is C10H16N2O2. The van der Waals surface area contributed by atoms with Gasteiger partial charge in [0.25, 0.3) is 0 Å². The number of rotatable bonds is 7. The Morgan fingerprint density at radius 3 is 2.07 bits per heavy atom. The molecule has 0 heterocycles. The van der Waals surface area contributed by atoms with Gasteiger partial charge >= 0.3 is 0 Å². The summed E-state index contributed by atoms with van der Waals surface area (Å²) in [4.78, 5) is 23.0. The minimum atomic E-state index is -0.332. The van der Waals surface area contributed by atoms with Crippen LogP contribution in [0.1, 0.15) is 25.7 Å². The maximum Gasteiger partial charge on any atom is 0.230 e. The standard InChI is InChI=1S/C10H16N2O2/c1-3-12(4-2)10(14)8-6-5-7-9(11)13/h3-4H,1-2,5-8H2,(H2,11,13). The van der Waals surface area contributed by atoms with Crippen LogP contribution < -0.4 is 5.73 Å². The van der Waals surface area contributed by atoms with E-state index >= 15 is 0 Å².